The molecule has 1 fully saturated rings. The number of carbonyl (C=O) groups is 1. The van der Waals surface area contributed by atoms with Crippen LogP contribution in [0.4, 0.5) is 14.9 Å². The van der Waals surface area contributed by atoms with Gasteiger partial charge in [-0.05, 0) is 39.1 Å². The lowest BCUT2D eigenvalue weighted by molar-refractivity contribution is 0.0398. The molecular weight excluding hydrogens is 331 g/mol. The fourth-order valence-corrected chi connectivity index (χ4v) is 2.86. The number of hydrogen-bond acceptors (Lipinski definition) is 6. The lowest BCUT2D eigenvalue weighted by atomic mass is 9.82. The minimum Gasteiger partial charge on any atom is -0.444 e. The van der Waals surface area contributed by atoms with Gasteiger partial charge in [-0.1, -0.05) is 0 Å². The van der Waals surface area contributed by atoms with Crippen molar-refractivity contribution in [2.45, 2.75) is 44.5 Å². The molecule has 6 nitrogen and oxygen atoms in total. The van der Waals surface area contributed by atoms with Crippen LogP contribution in [0, 0.1) is 0 Å². The highest BCUT2D eigenvalue weighted by atomic mass is 32.1. The largest absolute Gasteiger partial charge is 0.444 e. The van der Waals surface area contributed by atoms with E-state index < -0.39 is 23.4 Å². The number of nitrogens with zero attached hydrogens (tertiary/aromatic N) is 2. The van der Waals surface area contributed by atoms with Crippen LogP contribution in [-0.4, -0.2) is 41.1 Å². The molecule has 24 heavy (non-hydrogen) atoms. The molecule has 0 bridgehead atoms. The maximum absolute atomic E-state index is 14.1. The molecule has 1 aliphatic heterocycles. The molecule has 2 heterocycles. The van der Waals surface area contributed by atoms with Gasteiger partial charge in [-0.25, -0.2) is 9.18 Å². The summed E-state index contributed by atoms with van der Waals surface area (Å²) >= 11 is 4.67. The number of carbonyl (C=O) groups excluding carboxylic acids is 1. The van der Waals surface area contributed by atoms with Crippen molar-refractivity contribution >= 4 is 29.2 Å². The van der Waals surface area contributed by atoms with E-state index in [1.54, 1.807) is 33.0 Å². The number of pyridine rings is 1. The van der Waals surface area contributed by atoms with Gasteiger partial charge in [0.15, 0.2) is 0 Å². The molecule has 0 saturated carbocycles. The highest BCUT2D eigenvalue weighted by molar-refractivity contribution is 7.78. The van der Waals surface area contributed by atoms with Crippen molar-refractivity contribution in [1.29, 1.82) is 0 Å². The number of thiocarbonyl (C=S) groups is 1. The number of halogens is 1. The van der Waals surface area contributed by atoms with Crippen molar-refractivity contribution < 1.29 is 13.9 Å². The van der Waals surface area contributed by atoms with Gasteiger partial charge < -0.3 is 15.4 Å². The average Bonchev–Trinajstić information content (AvgIpc) is 2.46. The second-order valence-electron chi connectivity index (χ2n) is 6.74. The van der Waals surface area contributed by atoms with E-state index in [1.165, 1.54) is 6.20 Å². The number of nitrogens with one attached hydrogen (secondary N) is 2. The standard InChI is InChI=1S/C16H21FN4O2S/c1-15(2,3)23-14(22)21-16(6-11(17)7-19-9-16)12-4-5-18-8-13(12)20-10-24/h4-5,8,11,19H,6-7,9H2,1-3H3,(H,21,22)/t11-,16-/m1/s1. The Morgan fingerprint density at radius 1 is 1.62 bits per heavy atom. The summed E-state index contributed by atoms with van der Waals surface area (Å²) in [5, 5.41) is 8.12. The molecule has 130 valence electrons. The average molecular weight is 352 g/mol. The van der Waals surface area contributed by atoms with E-state index in [0.29, 0.717) is 17.8 Å². The first-order chi connectivity index (χ1) is 11.3. The molecule has 2 rings (SSSR count). The van der Waals surface area contributed by atoms with Crippen molar-refractivity contribution in [2.24, 2.45) is 4.99 Å². The van der Waals surface area contributed by atoms with Crippen molar-refractivity contribution in [3.05, 3.63) is 24.0 Å². The van der Waals surface area contributed by atoms with E-state index >= 15 is 0 Å². The van der Waals surface area contributed by atoms with Crippen LogP contribution in [0.1, 0.15) is 32.8 Å². The van der Waals surface area contributed by atoms with Crippen LogP contribution in [0.2, 0.25) is 0 Å². The van der Waals surface area contributed by atoms with E-state index in [9.17, 15) is 9.18 Å². The number of isothiocyanates is 1. The number of aliphatic imine (C=N–C) groups is 1. The molecule has 0 aromatic carbocycles. The van der Waals surface area contributed by atoms with Gasteiger partial charge in [0.05, 0.1) is 22.6 Å². The van der Waals surface area contributed by atoms with E-state index in [4.69, 9.17) is 4.74 Å². The minimum absolute atomic E-state index is 0.100. The van der Waals surface area contributed by atoms with Crippen LogP contribution < -0.4 is 10.6 Å². The molecule has 2 N–H and O–H groups in total. The van der Waals surface area contributed by atoms with Crippen LogP contribution >= 0.6 is 12.2 Å². The zero-order chi connectivity index (χ0) is 17.8. The second-order valence-corrected chi connectivity index (χ2v) is 6.92. The third kappa shape index (κ3) is 4.56. The third-order valence-corrected chi connectivity index (χ3v) is 3.68. The maximum Gasteiger partial charge on any atom is 0.408 e. The molecule has 1 amide bonds. The monoisotopic (exact) mass is 352 g/mol. The topological polar surface area (TPSA) is 75.6 Å². The summed E-state index contributed by atoms with van der Waals surface area (Å²) in [6, 6.07) is 1.70. The van der Waals surface area contributed by atoms with Crippen LogP contribution in [0.25, 0.3) is 0 Å². The summed E-state index contributed by atoms with van der Waals surface area (Å²) in [7, 11) is 0. The Bertz CT molecular complexity index is 658. The molecule has 1 aromatic heterocycles. The van der Waals surface area contributed by atoms with Crippen LogP contribution in [0.5, 0.6) is 0 Å². The summed E-state index contributed by atoms with van der Waals surface area (Å²) in [4.78, 5) is 20.3. The Balaban J connectivity index is 2.41. The fraction of sp³-hybridized carbons (Fsp3) is 0.562. The predicted octanol–water partition coefficient (Wildman–Crippen LogP) is 2.87. The summed E-state index contributed by atoms with van der Waals surface area (Å²) in [6.45, 7) is 5.88. The van der Waals surface area contributed by atoms with Gasteiger partial charge in [-0.3, -0.25) is 4.98 Å². The van der Waals surface area contributed by atoms with E-state index in [1.807, 2.05) is 0 Å². The van der Waals surface area contributed by atoms with Gasteiger partial charge in [0, 0.05) is 31.3 Å². The predicted molar refractivity (Wildman–Crippen MR) is 92.4 cm³/mol. The Labute approximate surface area is 145 Å². The Morgan fingerprint density at radius 2 is 2.38 bits per heavy atom. The number of hydrogen-bond donors (Lipinski definition) is 2. The molecule has 2 atom stereocenters. The van der Waals surface area contributed by atoms with Crippen molar-refractivity contribution in [3.8, 4) is 0 Å². The van der Waals surface area contributed by atoms with Crippen LogP contribution in [0.3, 0.4) is 0 Å². The Kier molecular flexibility index (Phi) is 5.64. The first kappa shape index (κ1) is 18.4. The summed E-state index contributed by atoms with van der Waals surface area (Å²) in [6.07, 6.45) is 1.44. The first-order valence-corrected chi connectivity index (χ1v) is 8.05. The molecule has 0 unspecified atom stereocenters. The number of piperidine rings is 1. The number of amides is 1. The molecular formula is C16H21FN4O2S. The number of alkyl carbamates (subject to hydrolysis) is 1. The number of alkyl halides is 1. The van der Waals surface area contributed by atoms with Crippen LogP contribution in [0.15, 0.2) is 23.5 Å². The lowest BCUT2D eigenvalue weighted by Gasteiger charge is -2.40. The van der Waals surface area contributed by atoms with E-state index in [-0.39, 0.29) is 13.0 Å². The van der Waals surface area contributed by atoms with Crippen LogP contribution in [-0.2, 0) is 10.3 Å². The first-order valence-electron chi connectivity index (χ1n) is 7.64. The number of ether oxygens (including phenoxy) is 1. The van der Waals surface area contributed by atoms with Gasteiger partial charge in [-0.15, -0.1) is 0 Å². The number of rotatable bonds is 3. The molecule has 1 aliphatic rings. The van der Waals surface area contributed by atoms with Crippen molar-refractivity contribution in [1.82, 2.24) is 15.6 Å². The molecule has 1 aromatic rings. The molecule has 8 heteroatoms. The van der Waals surface area contributed by atoms with Gasteiger partial charge in [0.1, 0.15) is 11.8 Å². The van der Waals surface area contributed by atoms with Crippen molar-refractivity contribution in [3.63, 3.8) is 0 Å². The zero-order valence-electron chi connectivity index (χ0n) is 13.9. The van der Waals surface area contributed by atoms with Gasteiger partial charge in [0.2, 0.25) is 0 Å². The second kappa shape index (κ2) is 7.34. The number of aromatic nitrogens is 1. The Morgan fingerprint density at radius 3 is 3.00 bits per heavy atom. The van der Waals surface area contributed by atoms with Gasteiger partial charge in [0.25, 0.3) is 0 Å². The van der Waals surface area contributed by atoms with E-state index in [0.717, 1.165) is 0 Å². The molecule has 1 saturated heterocycles. The van der Waals surface area contributed by atoms with Gasteiger partial charge in [-0.2, -0.15) is 4.99 Å². The fourth-order valence-electron chi connectivity index (χ4n) is 2.76. The molecule has 0 radical (unpaired) electrons. The normalized spacial score (nSPS) is 23.9. The highest BCUT2D eigenvalue weighted by Crippen LogP contribution is 2.35. The summed E-state index contributed by atoms with van der Waals surface area (Å²) in [5.74, 6) is 0. The van der Waals surface area contributed by atoms with Crippen molar-refractivity contribution in [2.75, 3.05) is 13.1 Å². The smallest absolute Gasteiger partial charge is 0.408 e. The quantitative estimate of drug-likeness (QED) is 0.646. The summed E-state index contributed by atoms with van der Waals surface area (Å²) < 4.78 is 19.5. The third-order valence-electron chi connectivity index (χ3n) is 3.58. The maximum atomic E-state index is 14.1. The summed E-state index contributed by atoms with van der Waals surface area (Å²) in [5.41, 5.74) is -0.598. The van der Waals surface area contributed by atoms with E-state index in [2.05, 4.69) is 38.0 Å². The SMILES string of the molecule is CC(C)(C)OC(=O)N[C@@]1(c2ccncc2N=C=S)CNC[C@H](F)C1. The lowest BCUT2D eigenvalue weighted by Crippen LogP contribution is -2.58. The minimum atomic E-state index is -1.12. The molecule has 0 spiro atoms. The zero-order valence-corrected chi connectivity index (χ0v) is 14.7. The van der Waals surface area contributed by atoms with Gasteiger partial charge >= 0.3 is 6.09 Å². The highest BCUT2D eigenvalue weighted by Gasteiger charge is 2.42. The Hall–Kier alpha value is -1.89. The molecule has 0 aliphatic carbocycles.